The summed E-state index contributed by atoms with van der Waals surface area (Å²) >= 11 is 0. The number of nitrogens with one attached hydrogen (secondary N) is 1. The first kappa shape index (κ1) is 13.4. The van der Waals surface area contributed by atoms with E-state index in [-0.39, 0.29) is 23.2 Å². The molecule has 1 amide bonds. The molecule has 0 aliphatic rings. The molecule has 0 aliphatic heterocycles. The van der Waals surface area contributed by atoms with E-state index in [0.717, 1.165) is 12.5 Å². The molecule has 0 heterocycles. The molecule has 5 heteroatoms. The maximum absolute atomic E-state index is 13.0. The van der Waals surface area contributed by atoms with Crippen LogP contribution in [0.2, 0.25) is 0 Å². The van der Waals surface area contributed by atoms with Crippen molar-refractivity contribution < 1.29 is 13.9 Å². The van der Waals surface area contributed by atoms with Gasteiger partial charge in [0.15, 0.2) is 0 Å². The Hall–Kier alpha value is -1.62. The van der Waals surface area contributed by atoms with Crippen molar-refractivity contribution in [2.75, 3.05) is 19.5 Å². The van der Waals surface area contributed by atoms with Crippen LogP contribution in [0.5, 0.6) is 0 Å². The van der Waals surface area contributed by atoms with E-state index < -0.39 is 5.82 Å². The SMILES string of the molecule is CCC(COC)NC(=O)c1cc(F)ccc1N. The lowest BCUT2D eigenvalue weighted by molar-refractivity contribution is 0.0895. The fraction of sp³-hybridized carbons (Fsp3) is 0.417. The van der Waals surface area contributed by atoms with Crippen LogP contribution in [-0.2, 0) is 4.74 Å². The van der Waals surface area contributed by atoms with Gasteiger partial charge in [-0.25, -0.2) is 4.39 Å². The van der Waals surface area contributed by atoms with Gasteiger partial charge in [-0.15, -0.1) is 0 Å². The van der Waals surface area contributed by atoms with E-state index in [0.29, 0.717) is 6.61 Å². The quantitative estimate of drug-likeness (QED) is 0.768. The number of methoxy groups -OCH3 is 1. The highest BCUT2D eigenvalue weighted by Gasteiger charge is 2.14. The number of amides is 1. The molecule has 1 atom stereocenters. The fourth-order valence-corrected chi connectivity index (χ4v) is 1.45. The van der Waals surface area contributed by atoms with Crippen molar-refractivity contribution >= 4 is 11.6 Å². The van der Waals surface area contributed by atoms with Gasteiger partial charge in [-0.1, -0.05) is 6.92 Å². The van der Waals surface area contributed by atoms with E-state index in [4.69, 9.17) is 10.5 Å². The smallest absolute Gasteiger partial charge is 0.253 e. The molecule has 3 N–H and O–H groups in total. The average Bonchev–Trinajstić information content (AvgIpc) is 2.31. The molecule has 0 bridgehead atoms. The largest absolute Gasteiger partial charge is 0.398 e. The third-order valence-electron chi connectivity index (χ3n) is 2.46. The number of hydrogen-bond donors (Lipinski definition) is 2. The monoisotopic (exact) mass is 240 g/mol. The number of halogens is 1. The standard InChI is InChI=1S/C12H17FN2O2/c1-3-9(7-17-2)15-12(16)10-6-8(13)4-5-11(10)14/h4-6,9H,3,7,14H2,1-2H3,(H,15,16). The molecule has 1 unspecified atom stereocenters. The Kier molecular flexibility index (Phi) is 4.90. The van der Waals surface area contributed by atoms with Gasteiger partial charge in [0, 0.05) is 12.8 Å². The second-order valence-corrected chi connectivity index (χ2v) is 3.77. The third-order valence-corrected chi connectivity index (χ3v) is 2.46. The molecule has 4 nitrogen and oxygen atoms in total. The van der Waals surface area contributed by atoms with Gasteiger partial charge in [-0.05, 0) is 24.6 Å². The highest BCUT2D eigenvalue weighted by atomic mass is 19.1. The lowest BCUT2D eigenvalue weighted by atomic mass is 10.1. The molecule has 1 aromatic rings. The number of nitrogen functional groups attached to an aromatic ring is 1. The summed E-state index contributed by atoms with van der Waals surface area (Å²) in [6, 6.07) is 3.62. The van der Waals surface area contributed by atoms with E-state index in [1.54, 1.807) is 7.11 Å². The molecule has 0 aliphatic carbocycles. The third kappa shape index (κ3) is 3.71. The van der Waals surface area contributed by atoms with Crippen molar-refractivity contribution in [2.24, 2.45) is 0 Å². The Morgan fingerprint density at radius 1 is 1.59 bits per heavy atom. The summed E-state index contributed by atoms with van der Waals surface area (Å²) in [5.41, 5.74) is 6.04. The molecule has 0 saturated heterocycles. The van der Waals surface area contributed by atoms with Crippen LogP contribution < -0.4 is 11.1 Å². The summed E-state index contributed by atoms with van der Waals surface area (Å²) in [5, 5.41) is 2.74. The first-order valence-electron chi connectivity index (χ1n) is 5.43. The predicted octanol–water partition coefficient (Wildman–Crippen LogP) is 1.56. The molecule has 0 saturated carbocycles. The topological polar surface area (TPSA) is 64.3 Å². The van der Waals surface area contributed by atoms with Crippen molar-refractivity contribution in [1.82, 2.24) is 5.32 Å². The minimum atomic E-state index is -0.482. The van der Waals surface area contributed by atoms with Crippen LogP contribution >= 0.6 is 0 Å². The van der Waals surface area contributed by atoms with Gasteiger partial charge in [0.2, 0.25) is 0 Å². The highest BCUT2D eigenvalue weighted by Crippen LogP contribution is 2.13. The molecule has 0 fully saturated rings. The average molecular weight is 240 g/mol. The van der Waals surface area contributed by atoms with Crippen molar-refractivity contribution in [3.05, 3.63) is 29.6 Å². The normalized spacial score (nSPS) is 12.2. The van der Waals surface area contributed by atoms with Gasteiger partial charge in [0.05, 0.1) is 18.2 Å². The van der Waals surface area contributed by atoms with Crippen LogP contribution in [0.4, 0.5) is 10.1 Å². The van der Waals surface area contributed by atoms with Crippen molar-refractivity contribution in [3.63, 3.8) is 0 Å². The van der Waals surface area contributed by atoms with E-state index >= 15 is 0 Å². The molecule has 0 spiro atoms. The maximum atomic E-state index is 13.0. The van der Waals surface area contributed by atoms with Gasteiger partial charge in [-0.2, -0.15) is 0 Å². The summed E-state index contributed by atoms with van der Waals surface area (Å²) in [4.78, 5) is 11.8. The number of carbonyl (C=O) groups is 1. The molecular formula is C12H17FN2O2. The zero-order valence-corrected chi connectivity index (χ0v) is 10.00. The van der Waals surface area contributed by atoms with Crippen LogP contribution in [-0.4, -0.2) is 25.7 Å². The zero-order chi connectivity index (χ0) is 12.8. The van der Waals surface area contributed by atoms with Crippen LogP contribution in [0.15, 0.2) is 18.2 Å². The van der Waals surface area contributed by atoms with Crippen LogP contribution in [0, 0.1) is 5.82 Å². The highest BCUT2D eigenvalue weighted by molar-refractivity contribution is 5.99. The van der Waals surface area contributed by atoms with Gasteiger partial charge in [0.25, 0.3) is 5.91 Å². The summed E-state index contributed by atoms with van der Waals surface area (Å²) in [5.74, 6) is -0.866. The number of carbonyl (C=O) groups excluding carboxylic acids is 1. The second-order valence-electron chi connectivity index (χ2n) is 3.77. The van der Waals surface area contributed by atoms with Crippen molar-refractivity contribution in [3.8, 4) is 0 Å². The molecule has 0 radical (unpaired) electrons. The van der Waals surface area contributed by atoms with E-state index in [9.17, 15) is 9.18 Å². The number of hydrogen-bond acceptors (Lipinski definition) is 3. The van der Waals surface area contributed by atoms with Crippen LogP contribution in [0.3, 0.4) is 0 Å². The summed E-state index contributed by atoms with van der Waals surface area (Å²) in [6.07, 6.45) is 0.731. The van der Waals surface area contributed by atoms with Crippen molar-refractivity contribution in [1.29, 1.82) is 0 Å². The number of ether oxygens (including phenoxy) is 1. The maximum Gasteiger partial charge on any atom is 0.253 e. The Bertz CT molecular complexity index is 396. The fourth-order valence-electron chi connectivity index (χ4n) is 1.45. The van der Waals surface area contributed by atoms with E-state index in [1.165, 1.54) is 12.1 Å². The molecular weight excluding hydrogens is 223 g/mol. The number of rotatable bonds is 5. The summed E-state index contributed by atoms with van der Waals surface area (Å²) in [6.45, 7) is 2.34. The lowest BCUT2D eigenvalue weighted by Crippen LogP contribution is -2.37. The summed E-state index contributed by atoms with van der Waals surface area (Å²) < 4.78 is 18.0. The lowest BCUT2D eigenvalue weighted by Gasteiger charge is -2.16. The van der Waals surface area contributed by atoms with Gasteiger partial charge in [0.1, 0.15) is 5.82 Å². The van der Waals surface area contributed by atoms with Crippen LogP contribution in [0.1, 0.15) is 23.7 Å². The zero-order valence-electron chi connectivity index (χ0n) is 10.00. The second kappa shape index (κ2) is 6.20. The number of nitrogens with two attached hydrogens (primary N) is 1. The van der Waals surface area contributed by atoms with E-state index in [1.807, 2.05) is 6.92 Å². The molecule has 1 rings (SSSR count). The first-order chi connectivity index (χ1) is 8.08. The first-order valence-corrected chi connectivity index (χ1v) is 5.43. The Balaban J connectivity index is 2.78. The molecule has 0 aromatic heterocycles. The Morgan fingerprint density at radius 2 is 2.29 bits per heavy atom. The van der Waals surface area contributed by atoms with Gasteiger partial charge in [-0.3, -0.25) is 4.79 Å². The minimum Gasteiger partial charge on any atom is -0.398 e. The molecule has 1 aromatic carbocycles. The Labute approximate surface area is 100.0 Å². The van der Waals surface area contributed by atoms with Crippen molar-refractivity contribution in [2.45, 2.75) is 19.4 Å². The molecule has 17 heavy (non-hydrogen) atoms. The predicted molar refractivity (Wildman–Crippen MR) is 64.2 cm³/mol. The van der Waals surface area contributed by atoms with Crippen LogP contribution in [0.25, 0.3) is 0 Å². The van der Waals surface area contributed by atoms with Gasteiger partial charge >= 0.3 is 0 Å². The Morgan fingerprint density at radius 3 is 2.88 bits per heavy atom. The number of anilines is 1. The number of benzene rings is 1. The minimum absolute atomic E-state index is 0.102. The van der Waals surface area contributed by atoms with E-state index in [2.05, 4.69) is 5.32 Å². The summed E-state index contributed by atoms with van der Waals surface area (Å²) in [7, 11) is 1.56. The van der Waals surface area contributed by atoms with Gasteiger partial charge < -0.3 is 15.8 Å². The molecule has 94 valence electrons.